The van der Waals surface area contributed by atoms with Crippen LogP contribution in [0.1, 0.15) is 12.5 Å². The smallest absolute Gasteiger partial charge is 0.358 e. The van der Waals surface area contributed by atoms with Crippen molar-refractivity contribution in [3.8, 4) is 0 Å². The number of methoxy groups -OCH3 is 1. The lowest BCUT2D eigenvalue weighted by Crippen LogP contribution is -2.46. The van der Waals surface area contributed by atoms with Crippen LogP contribution in [0.15, 0.2) is 43.0 Å². The summed E-state index contributed by atoms with van der Waals surface area (Å²) in [5, 5.41) is 0. The predicted octanol–water partition coefficient (Wildman–Crippen LogP) is 3.24. The Kier molecular flexibility index (Phi) is 4.83. The molecule has 0 saturated carbocycles. The van der Waals surface area contributed by atoms with E-state index in [1.165, 1.54) is 7.11 Å². The van der Waals surface area contributed by atoms with Crippen molar-refractivity contribution in [3.63, 3.8) is 0 Å². The van der Waals surface area contributed by atoms with Gasteiger partial charge in [-0.3, -0.25) is 0 Å². The summed E-state index contributed by atoms with van der Waals surface area (Å²) in [6, 6.07) is 9.28. The van der Waals surface area contributed by atoms with E-state index < -0.39 is 11.3 Å². The van der Waals surface area contributed by atoms with Gasteiger partial charge in [-0.05, 0) is 12.5 Å². The summed E-state index contributed by atoms with van der Waals surface area (Å²) >= 11 is 0. The minimum atomic E-state index is -1.72. The number of benzene rings is 1. The summed E-state index contributed by atoms with van der Waals surface area (Å²) in [6.45, 7) is 20.2. The van der Waals surface area contributed by atoms with E-state index in [2.05, 4.69) is 16.3 Å². The summed E-state index contributed by atoms with van der Waals surface area (Å²) in [5.41, 5.74) is -0.149. The molecule has 0 heterocycles. The lowest BCUT2D eigenvalue weighted by molar-refractivity contribution is -0.110. The van der Waals surface area contributed by atoms with E-state index >= 15 is 0 Å². The van der Waals surface area contributed by atoms with E-state index in [1.54, 1.807) is 13.0 Å². The number of ether oxygens (including phenoxy) is 2. The van der Waals surface area contributed by atoms with Crippen molar-refractivity contribution in [3.05, 3.63) is 71.4 Å². The molecule has 0 aliphatic heterocycles. The normalized spacial score (nSPS) is 13.9. The maximum atomic E-state index is 7.38. The molecule has 0 spiro atoms. The maximum Gasteiger partial charge on any atom is 0.628 e. The molecule has 0 N–H and O–H groups in total. The molecular formula is C15H16N2O2. The quantitative estimate of drug-likeness (QED) is 0.444. The molecule has 19 heavy (non-hydrogen) atoms. The highest BCUT2D eigenvalue weighted by molar-refractivity contribution is 5.37. The summed E-state index contributed by atoms with van der Waals surface area (Å²) in [7, 11) is 1.45. The molecule has 0 bridgehead atoms. The highest BCUT2D eigenvalue weighted by Crippen LogP contribution is 2.41. The van der Waals surface area contributed by atoms with Crippen LogP contribution in [0.5, 0.6) is 0 Å². The Morgan fingerprint density at radius 1 is 1.26 bits per heavy atom. The fourth-order valence-corrected chi connectivity index (χ4v) is 1.84. The molecule has 1 aromatic carbocycles. The van der Waals surface area contributed by atoms with E-state index in [0.717, 1.165) is 5.56 Å². The molecule has 0 radical (unpaired) electrons. The Morgan fingerprint density at radius 3 is 2.26 bits per heavy atom. The van der Waals surface area contributed by atoms with Gasteiger partial charge in [0.1, 0.15) is 0 Å². The van der Waals surface area contributed by atoms with Crippen LogP contribution >= 0.6 is 0 Å². The van der Waals surface area contributed by atoms with Gasteiger partial charge < -0.3 is 4.74 Å². The highest BCUT2D eigenvalue weighted by atomic mass is 16.7. The molecule has 1 aromatic rings. The van der Waals surface area contributed by atoms with Crippen molar-refractivity contribution in [1.82, 2.24) is 0 Å². The molecule has 98 valence electrons. The topological polar surface area (TPSA) is 27.2 Å². The van der Waals surface area contributed by atoms with Crippen LogP contribution in [-0.2, 0) is 14.9 Å². The minimum Gasteiger partial charge on any atom is -0.358 e. The number of hydrogen-bond acceptors (Lipinski definition) is 2. The van der Waals surface area contributed by atoms with Crippen LogP contribution in [0.3, 0.4) is 0 Å². The number of nitrogens with zero attached hydrogens (tertiary/aromatic N) is 2. The van der Waals surface area contributed by atoms with Crippen LogP contribution in [0.4, 0.5) is 0 Å². The molecule has 0 aliphatic carbocycles. The van der Waals surface area contributed by atoms with Crippen LogP contribution in [-0.4, -0.2) is 19.8 Å². The molecule has 0 saturated heterocycles. The van der Waals surface area contributed by atoms with Crippen LogP contribution in [0.25, 0.3) is 9.69 Å². The molecule has 0 unspecified atom stereocenters. The first kappa shape index (κ1) is 14.9. The molecule has 0 aromatic heterocycles. The van der Waals surface area contributed by atoms with Crippen molar-refractivity contribution in [2.75, 3.05) is 13.9 Å². The molecule has 0 amide bonds. The van der Waals surface area contributed by atoms with Gasteiger partial charge in [-0.15, -0.1) is 6.58 Å². The minimum absolute atomic E-state index is 0.124. The van der Waals surface area contributed by atoms with Crippen LogP contribution in [0, 0.1) is 13.1 Å². The zero-order valence-corrected chi connectivity index (χ0v) is 11.1. The molecule has 1 atom stereocenters. The fraction of sp³-hybridized carbons (Fsp3) is 0.333. The first-order valence-corrected chi connectivity index (χ1v) is 5.69. The highest BCUT2D eigenvalue weighted by Gasteiger charge is 2.64. The monoisotopic (exact) mass is 256 g/mol. The lowest BCUT2D eigenvalue weighted by atomic mass is 9.77. The Hall–Kier alpha value is -2.14. The summed E-state index contributed by atoms with van der Waals surface area (Å²) < 4.78 is 10.2. The molecule has 1 rings (SSSR count). The number of hydrogen-bond donors (Lipinski definition) is 0. The largest absolute Gasteiger partial charge is 0.628 e. The predicted molar refractivity (Wildman–Crippen MR) is 72.9 cm³/mol. The van der Waals surface area contributed by atoms with E-state index in [1.807, 2.05) is 30.3 Å². The van der Waals surface area contributed by atoms with Crippen molar-refractivity contribution in [1.29, 1.82) is 0 Å². The van der Waals surface area contributed by atoms with E-state index in [-0.39, 0.29) is 6.79 Å². The third-order valence-electron chi connectivity index (χ3n) is 3.14. The van der Waals surface area contributed by atoms with E-state index in [9.17, 15) is 0 Å². The van der Waals surface area contributed by atoms with Gasteiger partial charge in [0.25, 0.3) is 0 Å². The Labute approximate surface area is 113 Å². The summed E-state index contributed by atoms with van der Waals surface area (Å²) in [6.07, 6.45) is 1.58. The van der Waals surface area contributed by atoms with Gasteiger partial charge in [0.2, 0.25) is 5.41 Å². The average Bonchev–Trinajstić information content (AvgIpc) is 2.49. The maximum absolute atomic E-state index is 7.38. The molecule has 4 nitrogen and oxygen atoms in total. The standard InChI is InChI=1S/C15H16N2O2/c1-6-14(2,13-10-8-7-9-11-13)15(16-3,17-4)19-12-18-5/h6-11H,1,12H2,2,5H3/t14-/m0/s1. The van der Waals surface area contributed by atoms with Crippen LogP contribution in [0.2, 0.25) is 0 Å². The Bertz CT molecular complexity index is 499. The van der Waals surface area contributed by atoms with Gasteiger partial charge >= 0.3 is 5.85 Å². The SMILES string of the molecule is [C-]#[N+]C([N+]#[C-])(OCOC)[C@@](C)(C=C)c1ccccc1. The summed E-state index contributed by atoms with van der Waals surface area (Å²) in [4.78, 5) is 6.83. The zero-order valence-electron chi connectivity index (χ0n) is 11.1. The van der Waals surface area contributed by atoms with Gasteiger partial charge in [0.05, 0.1) is 0 Å². The van der Waals surface area contributed by atoms with Crippen molar-refractivity contribution < 1.29 is 9.47 Å². The second-order valence-electron chi connectivity index (χ2n) is 4.16. The van der Waals surface area contributed by atoms with Crippen molar-refractivity contribution in [2.24, 2.45) is 0 Å². The number of rotatable bonds is 6. The Balaban J connectivity index is 3.36. The molecule has 0 aliphatic rings. The van der Waals surface area contributed by atoms with Crippen LogP contribution < -0.4 is 0 Å². The van der Waals surface area contributed by atoms with Gasteiger partial charge in [-0.25, -0.2) is 17.9 Å². The van der Waals surface area contributed by atoms with Gasteiger partial charge in [-0.1, -0.05) is 36.4 Å². The van der Waals surface area contributed by atoms with E-state index in [0.29, 0.717) is 0 Å². The first-order valence-electron chi connectivity index (χ1n) is 5.69. The van der Waals surface area contributed by atoms with Gasteiger partial charge in [0.15, 0.2) is 6.79 Å². The zero-order chi connectivity index (χ0) is 14.4. The molecular weight excluding hydrogens is 240 g/mol. The molecule has 4 heteroatoms. The Morgan fingerprint density at radius 2 is 1.84 bits per heavy atom. The molecule has 0 fully saturated rings. The fourth-order valence-electron chi connectivity index (χ4n) is 1.84. The van der Waals surface area contributed by atoms with Gasteiger partial charge in [-0.2, -0.15) is 9.69 Å². The van der Waals surface area contributed by atoms with Gasteiger partial charge in [0, 0.05) is 7.11 Å². The first-order chi connectivity index (χ1) is 9.10. The summed E-state index contributed by atoms with van der Waals surface area (Å²) in [5.74, 6) is -1.72. The van der Waals surface area contributed by atoms with Crippen molar-refractivity contribution >= 4 is 0 Å². The second-order valence-corrected chi connectivity index (χ2v) is 4.16. The lowest BCUT2D eigenvalue weighted by Gasteiger charge is -2.27. The second kappa shape index (κ2) is 6.15. The van der Waals surface area contributed by atoms with Crippen molar-refractivity contribution in [2.45, 2.75) is 18.2 Å². The third kappa shape index (κ3) is 2.51. The third-order valence-corrected chi connectivity index (χ3v) is 3.14. The average molecular weight is 256 g/mol. The van der Waals surface area contributed by atoms with E-state index in [4.69, 9.17) is 22.6 Å².